The van der Waals surface area contributed by atoms with Gasteiger partial charge in [-0.3, -0.25) is 14.4 Å². The normalized spacial score (nSPS) is 20.7. The van der Waals surface area contributed by atoms with Gasteiger partial charge in [0.15, 0.2) is 5.17 Å². The smallest absolute Gasteiger partial charge is 0.325 e. The summed E-state index contributed by atoms with van der Waals surface area (Å²) < 4.78 is 5.04. The average Bonchev–Trinajstić information content (AvgIpc) is 3.09. The van der Waals surface area contributed by atoms with Gasteiger partial charge in [0.25, 0.3) is 0 Å². The van der Waals surface area contributed by atoms with E-state index in [-0.39, 0.29) is 17.5 Å². The Labute approximate surface area is 135 Å². The van der Waals surface area contributed by atoms with Crippen molar-refractivity contribution in [2.24, 2.45) is 10.2 Å². The standard InChI is InChI=1S/C13H14N4O5S/c1-7(12(20)21)15-10(18)5-9-11(19)16-13(23-9)17-14-6-8-3-2-4-22-8/h2-4,6-7,9H,5H2,1H3,(H,15,18)(H,20,21)(H,16,17,19)/t7-,9+/m0/s1. The minimum atomic E-state index is -1.14. The van der Waals surface area contributed by atoms with Gasteiger partial charge < -0.3 is 20.2 Å². The van der Waals surface area contributed by atoms with Gasteiger partial charge in [0, 0.05) is 6.42 Å². The molecule has 2 heterocycles. The summed E-state index contributed by atoms with van der Waals surface area (Å²) in [4.78, 5) is 34.1. The Morgan fingerprint density at radius 2 is 2.39 bits per heavy atom. The summed E-state index contributed by atoms with van der Waals surface area (Å²) in [5.41, 5.74) is 0. The molecule has 1 aliphatic rings. The number of nitrogens with one attached hydrogen (secondary N) is 2. The summed E-state index contributed by atoms with van der Waals surface area (Å²) in [6, 6.07) is 2.39. The molecule has 0 aliphatic carbocycles. The van der Waals surface area contributed by atoms with Crippen LogP contribution in [0.15, 0.2) is 33.0 Å². The van der Waals surface area contributed by atoms with Crippen LogP contribution in [0.1, 0.15) is 19.1 Å². The molecule has 2 atom stereocenters. The highest BCUT2D eigenvalue weighted by Gasteiger charge is 2.32. The molecule has 0 bridgehead atoms. The maximum absolute atomic E-state index is 11.8. The van der Waals surface area contributed by atoms with E-state index in [1.54, 1.807) is 12.1 Å². The van der Waals surface area contributed by atoms with Crippen LogP contribution in [-0.4, -0.2) is 45.6 Å². The van der Waals surface area contributed by atoms with Gasteiger partial charge in [0.2, 0.25) is 11.8 Å². The average molecular weight is 338 g/mol. The molecule has 1 aliphatic heterocycles. The number of hydrogen-bond acceptors (Lipinski definition) is 7. The third kappa shape index (κ3) is 4.95. The van der Waals surface area contributed by atoms with Gasteiger partial charge in [-0.15, -0.1) is 5.10 Å². The Hall–Kier alpha value is -2.62. The molecule has 2 rings (SSSR count). The monoisotopic (exact) mass is 338 g/mol. The zero-order valence-electron chi connectivity index (χ0n) is 12.1. The largest absolute Gasteiger partial charge is 0.480 e. The second-order valence-corrected chi connectivity index (χ2v) is 5.78. The molecule has 1 saturated heterocycles. The van der Waals surface area contributed by atoms with Crippen LogP contribution in [0.4, 0.5) is 0 Å². The maximum Gasteiger partial charge on any atom is 0.325 e. The van der Waals surface area contributed by atoms with E-state index in [9.17, 15) is 14.4 Å². The molecule has 2 amide bonds. The second kappa shape index (κ2) is 7.58. The molecule has 0 aromatic carbocycles. The number of nitrogens with zero attached hydrogens (tertiary/aromatic N) is 2. The molecule has 1 fully saturated rings. The number of carboxylic acids is 1. The molecular weight excluding hydrogens is 324 g/mol. The molecule has 1 aromatic rings. The molecule has 10 heteroatoms. The van der Waals surface area contributed by atoms with Crippen molar-refractivity contribution in [2.45, 2.75) is 24.6 Å². The molecule has 1 aromatic heterocycles. The van der Waals surface area contributed by atoms with Crippen molar-refractivity contribution in [3.05, 3.63) is 24.2 Å². The number of hydrogen-bond donors (Lipinski definition) is 3. The van der Waals surface area contributed by atoms with Crippen molar-refractivity contribution < 1.29 is 23.9 Å². The van der Waals surface area contributed by atoms with E-state index in [1.165, 1.54) is 19.4 Å². The number of aliphatic carboxylic acids is 1. The van der Waals surface area contributed by atoms with Crippen molar-refractivity contribution in [1.82, 2.24) is 10.6 Å². The number of carbonyl (C=O) groups is 3. The summed E-state index contributed by atoms with van der Waals surface area (Å²) in [5, 5.41) is 20.7. The van der Waals surface area contributed by atoms with Crippen molar-refractivity contribution in [3.63, 3.8) is 0 Å². The molecule has 0 radical (unpaired) electrons. The Bertz CT molecular complexity index is 655. The van der Waals surface area contributed by atoms with E-state index >= 15 is 0 Å². The zero-order chi connectivity index (χ0) is 16.8. The molecule has 0 unspecified atom stereocenters. The quantitative estimate of drug-likeness (QED) is 0.500. The molecule has 3 N–H and O–H groups in total. The third-order valence-corrected chi connectivity index (χ3v) is 3.84. The van der Waals surface area contributed by atoms with E-state index in [1.807, 2.05) is 0 Å². The van der Waals surface area contributed by atoms with Gasteiger partial charge in [-0.25, -0.2) is 0 Å². The number of amides is 2. The molecular formula is C13H14N4O5S. The van der Waals surface area contributed by atoms with Crippen LogP contribution in [0.2, 0.25) is 0 Å². The van der Waals surface area contributed by atoms with E-state index in [2.05, 4.69) is 20.8 Å². The van der Waals surface area contributed by atoms with Gasteiger partial charge in [-0.05, 0) is 19.1 Å². The Balaban J connectivity index is 1.87. The summed E-state index contributed by atoms with van der Waals surface area (Å²) >= 11 is 1.06. The number of rotatable bonds is 6. The fourth-order valence-electron chi connectivity index (χ4n) is 1.62. The van der Waals surface area contributed by atoms with Crippen LogP contribution in [0.3, 0.4) is 0 Å². The van der Waals surface area contributed by atoms with Crippen LogP contribution >= 0.6 is 11.8 Å². The highest BCUT2D eigenvalue weighted by Crippen LogP contribution is 2.22. The minimum Gasteiger partial charge on any atom is -0.480 e. The Morgan fingerprint density at radius 1 is 1.61 bits per heavy atom. The summed E-state index contributed by atoms with van der Waals surface area (Å²) in [6.07, 6.45) is 2.73. The van der Waals surface area contributed by atoms with Crippen molar-refractivity contribution >= 4 is 40.9 Å². The second-order valence-electron chi connectivity index (χ2n) is 4.59. The first-order valence-corrected chi connectivity index (χ1v) is 7.48. The zero-order valence-corrected chi connectivity index (χ0v) is 12.9. The van der Waals surface area contributed by atoms with Crippen LogP contribution in [0.25, 0.3) is 0 Å². The first-order valence-electron chi connectivity index (χ1n) is 6.60. The molecule has 0 spiro atoms. The number of thioether (sulfide) groups is 1. The van der Waals surface area contributed by atoms with E-state index in [0.717, 1.165) is 11.8 Å². The lowest BCUT2D eigenvalue weighted by Crippen LogP contribution is -2.40. The lowest BCUT2D eigenvalue weighted by molar-refractivity contribution is -0.141. The fraction of sp³-hybridized carbons (Fsp3) is 0.308. The van der Waals surface area contributed by atoms with Crippen molar-refractivity contribution in [2.75, 3.05) is 0 Å². The van der Waals surface area contributed by atoms with Crippen molar-refractivity contribution in [3.8, 4) is 0 Å². The highest BCUT2D eigenvalue weighted by molar-refractivity contribution is 8.15. The highest BCUT2D eigenvalue weighted by atomic mass is 32.2. The molecule has 23 heavy (non-hydrogen) atoms. The Kier molecular flexibility index (Phi) is 5.52. The van der Waals surface area contributed by atoms with E-state index < -0.39 is 23.2 Å². The van der Waals surface area contributed by atoms with Gasteiger partial charge in [0.1, 0.15) is 17.1 Å². The molecule has 9 nitrogen and oxygen atoms in total. The predicted octanol–water partition coefficient (Wildman–Crippen LogP) is 0.180. The first kappa shape index (κ1) is 16.7. The van der Waals surface area contributed by atoms with Crippen LogP contribution < -0.4 is 10.6 Å². The van der Waals surface area contributed by atoms with Gasteiger partial charge >= 0.3 is 5.97 Å². The summed E-state index contributed by atoms with van der Waals surface area (Å²) in [5.74, 6) is -1.52. The number of carboxylic acid groups (broad SMARTS) is 1. The van der Waals surface area contributed by atoms with E-state index in [4.69, 9.17) is 9.52 Å². The van der Waals surface area contributed by atoms with Crippen LogP contribution in [0, 0.1) is 0 Å². The SMILES string of the molecule is C[C@H](NC(=O)C[C@H]1S/C(=N/N=Cc2ccco2)NC1=O)C(=O)O. The Morgan fingerprint density at radius 3 is 3.04 bits per heavy atom. The first-order chi connectivity index (χ1) is 11.0. The predicted molar refractivity (Wildman–Crippen MR) is 83.1 cm³/mol. The van der Waals surface area contributed by atoms with Crippen LogP contribution in [0.5, 0.6) is 0 Å². The molecule has 0 saturated carbocycles. The van der Waals surface area contributed by atoms with Gasteiger partial charge in [-0.2, -0.15) is 5.10 Å². The minimum absolute atomic E-state index is 0.144. The number of carbonyl (C=O) groups excluding carboxylic acids is 2. The summed E-state index contributed by atoms with van der Waals surface area (Å²) in [7, 11) is 0. The van der Waals surface area contributed by atoms with Gasteiger partial charge in [-0.1, -0.05) is 11.8 Å². The topological polar surface area (TPSA) is 133 Å². The maximum atomic E-state index is 11.8. The number of amidine groups is 1. The lowest BCUT2D eigenvalue weighted by atomic mass is 10.2. The molecule has 122 valence electrons. The number of furan rings is 1. The fourth-order valence-corrected chi connectivity index (χ4v) is 2.54. The third-order valence-electron chi connectivity index (χ3n) is 2.77. The van der Waals surface area contributed by atoms with E-state index in [0.29, 0.717) is 5.76 Å². The van der Waals surface area contributed by atoms with Crippen LogP contribution in [-0.2, 0) is 14.4 Å². The van der Waals surface area contributed by atoms with Crippen molar-refractivity contribution in [1.29, 1.82) is 0 Å². The summed E-state index contributed by atoms with van der Waals surface area (Å²) in [6.45, 7) is 1.35. The lowest BCUT2D eigenvalue weighted by Gasteiger charge is -2.10. The van der Waals surface area contributed by atoms with Gasteiger partial charge in [0.05, 0.1) is 12.5 Å².